The van der Waals surface area contributed by atoms with Crippen LogP contribution < -0.4 is 4.74 Å². The number of benzene rings is 2. The Morgan fingerprint density at radius 3 is 2.58 bits per heavy atom. The van der Waals surface area contributed by atoms with Crippen molar-refractivity contribution in [2.45, 2.75) is 13.0 Å². The number of esters is 1. The van der Waals surface area contributed by atoms with E-state index in [0.717, 1.165) is 5.39 Å². The molecule has 1 atom stereocenters. The van der Waals surface area contributed by atoms with E-state index in [1.807, 2.05) is 24.3 Å². The molecular weight excluding hydrogens is 334 g/mol. The van der Waals surface area contributed by atoms with Crippen molar-refractivity contribution in [1.82, 2.24) is 0 Å². The Morgan fingerprint density at radius 2 is 1.88 bits per heavy atom. The van der Waals surface area contributed by atoms with Gasteiger partial charge in [0, 0.05) is 5.39 Å². The molecule has 130 valence electrons. The van der Waals surface area contributed by atoms with E-state index in [0.29, 0.717) is 16.9 Å². The highest BCUT2D eigenvalue weighted by Crippen LogP contribution is 2.19. The Morgan fingerprint density at radius 1 is 1.15 bits per heavy atom. The number of para-hydroxylation sites is 1. The molecule has 0 saturated heterocycles. The second-order valence-electron chi connectivity index (χ2n) is 5.58. The second-order valence-corrected chi connectivity index (χ2v) is 5.58. The summed E-state index contributed by atoms with van der Waals surface area (Å²) in [6, 6.07) is 17.2. The van der Waals surface area contributed by atoms with Gasteiger partial charge in [-0.3, -0.25) is 4.79 Å². The normalized spacial score (nSPS) is 11.5. The molecule has 0 aliphatic rings. The quantitative estimate of drug-likeness (QED) is 0.500. The molecule has 0 unspecified atom stereocenters. The Balaban J connectivity index is 1.55. The highest BCUT2D eigenvalue weighted by Gasteiger charge is 2.20. The number of Topliss-reactive ketones (excluding diaryl/α,β-unsaturated/α-hetero) is 1. The molecule has 1 heterocycles. The van der Waals surface area contributed by atoms with Gasteiger partial charge in [0.1, 0.15) is 11.3 Å². The predicted octanol–water partition coefficient (Wildman–Crippen LogP) is 3.50. The molecule has 0 N–H and O–H groups in total. The zero-order valence-electron chi connectivity index (χ0n) is 14.0. The fourth-order valence-electron chi connectivity index (χ4n) is 2.30. The van der Waals surface area contributed by atoms with Crippen LogP contribution in [0, 0.1) is 11.3 Å². The fraction of sp³-hybridized carbons (Fsp3) is 0.150. The molecule has 6 nitrogen and oxygen atoms in total. The zero-order valence-corrected chi connectivity index (χ0v) is 14.0. The molecule has 3 rings (SSSR count). The summed E-state index contributed by atoms with van der Waals surface area (Å²) < 4.78 is 15.9. The Hall–Kier alpha value is -3.59. The van der Waals surface area contributed by atoms with Crippen molar-refractivity contribution in [3.63, 3.8) is 0 Å². The van der Waals surface area contributed by atoms with Crippen LogP contribution in [0.3, 0.4) is 0 Å². The standard InChI is InChI=1S/C20H15NO5/c1-13(25-16-8-6-14(11-21)7-9-16)20(23)24-12-17(22)19-10-15-4-2-3-5-18(15)26-19/h2-10,13H,12H2,1H3/t13-/m1/s1. The molecule has 3 aromatic rings. The number of carbonyl (C=O) groups excluding carboxylic acids is 2. The number of hydrogen-bond donors (Lipinski definition) is 0. The number of carbonyl (C=O) groups is 2. The molecule has 0 bridgehead atoms. The third kappa shape index (κ3) is 3.90. The number of hydrogen-bond acceptors (Lipinski definition) is 6. The topological polar surface area (TPSA) is 89.5 Å². The molecule has 0 fully saturated rings. The van der Waals surface area contributed by atoms with Crippen LogP contribution in [0.5, 0.6) is 5.75 Å². The summed E-state index contributed by atoms with van der Waals surface area (Å²) in [4.78, 5) is 24.1. The number of rotatable bonds is 6. The van der Waals surface area contributed by atoms with Gasteiger partial charge in [-0.2, -0.15) is 5.26 Å². The molecule has 0 spiro atoms. The highest BCUT2D eigenvalue weighted by atomic mass is 16.6. The van der Waals surface area contributed by atoms with Crippen LogP contribution in [0.15, 0.2) is 59.0 Å². The average Bonchev–Trinajstić information content (AvgIpc) is 3.10. The van der Waals surface area contributed by atoms with Crippen LogP contribution in [0.1, 0.15) is 23.0 Å². The summed E-state index contributed by atoms with van der Waals surface area (Å²) in [5.74, 6) is -0.532. The average molecular weight is 349 g/mol. The third-order valence-corrected chi connectivity index (χ3v) is 3.67. The number of ketones is 1. The number of nitrogens with zero attached hydrogens (tertiary/aromatic N) is 1. The SMILES string of the molecule is C[C@@H](Oc1ccc(C#N)cc1)C(=O)OCC(=O)c1cc2ccccc2o1. The molecule has 0 aliphatic carbocycles. The summed E-state index contributed by atoms with van der Waals surface area (Å²) in [5.41, 5.74) is 1.09. The summed E-state index contributed by atoms with van der Waals surface area (Å²) in [7, 11) is 0. The Labute approximate surface area is 149 Å². The number of ether oxygens (including phenoxy) is 2. The van der Waals surface area contributed by atoms with Crippen molar-refractivity contribution in [3.8, 4) is 11.8 Å². The Kier molecular flexibility index (Phi) is 4.99. The van der Waals surface area contributed by atoms with Crippen molar-refractivity contribution in [1.29, 1.82) is 5.26 Å². The molecule has 2 aromatic carbocycles. The van der Waals surface area contributed by atoms with Gasteiger partial charge in [-0.15, -0.1) is 0 Å². The van der Waals surface area contributed by atoms with Crippen molar-refractivity contribution in [3.05, 3.63) is 65.9 Å². The van der Waals surface area contributed by atoms with Crippen molar-refractivity contribution in [2.24, 2.45) is 0 Å². The first-order chi connectivity index (χ1) is 12.6. The van der Waals surface area contributed by atoms with E-state index in [9.17, 15) is 9.59 Å². The van der Waals surface area contributed by atoms with Crippen LogP contribution in [-0.4, -0.2) is 24.5 Å². The monoisotopic (exact) mass is 349 g/mol. The maximum Gasteiger partial charge on any atom is 0.347 e. The van der Waals surface area contributed by atoms with E-state index in [4.69, 9.17) is 19.2 Å². The first-order valence-corrected chi connectivity index (χ1v) is 7.92. The molecule has 0 aliphatic heterocycles. The van der Waals surface area contributed by atoms with E-state index in [-0.39, 0.29) is 5.76 Å². The highest BCUT2D eigenvalue weighted by molar-refractivity contribution is 5.99. The largest absolute Gasteiger partial charge is 0.479 e. The lowest BCUT2D eigenvalue weighted by molar-refractivity contribution is -0.149. The Bertz CT molecular complexity index is 948. The summed E-state index contributed by atoms with van der Waals surface area (Å²) in [6.07, 6.45) is -0.897. The van der Waals surface area contributed by atoms with Crippen LogP contribution in [0.4, 0.5) is 0 Å². The molecule has 0 saturated carbocycles. The zero-order chi connectivity index (χ0) is 18.5. The minimum atomic E-state index is -0.897. The third-order valence-electron chi connectivity index (χ3n) is 3.67. The van der Waals surface area contributed by atoms with E-state index < -0.39 is 24.5 Å². The predicted molar refractivity (Wildman–Crippen MR) is 92.8 cm³/mol. The van der Waals surface area contributed by atoms with Gasteiger partial charge in [-0.25, -0.2) is 4.79 Å². The lowest BCUT2D eigenvalue weighted by atomic mass is 10.2. The maximum absolute atomic E-state index is 12.1. The van der Waals surface area contributed by atoms with Gasteiger partial charge in [0.15, 0.2) is 18.5 Å². The maximum atomic E-state index is 12.1. The number of nitriles is 1. The van der Waals surface area contributed by atoms with Crippen molar-refractivity contribution in [2.75, 3.05) is 6.61 Å². The van der Waals surface area contributed by atoms with Crippen molar-refractivity contribution >= 4 is 22.7 Å². The number of furan rings is 1. The van der Waals surface area contributed by atoms with E-state index in [2.05, 4.69) is 0 Å². The van der Waals surface area contributed by atoms with Crippen LogP contribution in [0.2, 0.25) is 0 Å². The smallest absolute Gasteiger partial charge is 0.347 e. The van der Waals surface area contributed by atoms with Gasteiger partial charge >= 0.3 is 5.97 Å². The molecule has 6 heteroatoms. The van der Waals surface area contributed by atoms with E-state index >= 15 is 0 Å². The van der Waals surface area contributed by atoms with E-state index in [1.165, 1.54) is 6.92 Å². The summed E-state index contributed by atoms with van der Waals surface area (Å²) >= 11 is 0. The molecular formula is C20H15NO5. The van der Waals surface area contributed by atoms with E-state index in [1.54, 1.807) is 36.4 Å². The first-order valence-electron chi connectivity index (χ1n) is 7.92. The van der Waals surface area contributed by atoms with Gasteiger partial charge in [-0.1, -0.05) is 18.2 Å². The lowest BCUT2D eigenvalue weighted by Gasteiger charge is -2.13. The second kappa shape index (κ2) is 7.53. The molecule has 0 amide bonds. The van der Waals surface area contributed by atoms with Crippen molar-refractivity contribution < 1.29 is 23.5 Å². The van der Waals surface area contributed by atoms with Gasteiger partial charge in [0.2, 0.25) is 5.78 Å². The molecule has 0 radical (unpaired) electrons. The minimum absolute atomic E-state index is 0.139. The van der Waals surface area contributed by atoms with Crippen LogP contribution in [0.25, 0.3) is 11.0 Å². The van der Waals surface area contributed by atoms with Gasteiger partial charge in [0.25, 0.3) is 0 Å². The van der Waals surface area contributed by atoms with Crippen LogP contribution in [-0.2, 0) is 9.53 Å². The molecule has 1 aromatic heterocycles. The minimum Gasteiger partial charge on any atom is -0.479 e. The van der Waals surface area contributed by atoms with Gasteiger partial charge < -0.3 is 13.9 Å². The fourth-order valence-corrected chi connectivity index (χ4v) is 2.30. The lowest BCUT2D eigenvalue weighted by Crippen LogP contribution is -2.28. The first kappa shape index (κ1) is 17.2. The molecule has 26 heavy (non-hydrogen) atoms. The number of fused-ring (bicyclic) bond motifs is 1. The summed E-state index contributed by atoms with van der Waals surface area (Å²) in [5, 5.41) is 9.56. The van der Waals surface area contributed by atoms with Gasteiger partial charge in [0.05, 0.1) is 11.6 Å². The van der Waals surface area contributed by atoms with Gasteiger partial charge in [-0.05, 0) is 43.3 Å². The summed E-state index contributed by atoms with van der Waals surface area (Å²) in [6.45, 7) is 1.09. The van der Waals surface area contributed by atoms with Crippen LogP contribution >= 0.6 is 0 Å².